The Balaban J connectivity index is 2.72. The summed E-state index contributed by atoms with van der Waals surface area (Å²) in [6.07, 6.45) is 0.535. The number of methoxy groups -OCH3 is 1. The molecule has 88 valence electrons. The second-order valence-corrected chi connectivity index (χ2v) is 3.77. The largest absolute Gasteiger partial charge is 0.496 e. The van der Waals surface area contributed by atoms with Gasteiger partial charge in [-0.1, -0.05) is 12.1 Å². The molecule has 0 heterocycles. The molecular weight excluding hydrogens is 206 g/mol. The van der Waals surface area contributed by atoms with E-state index in [9.17, 15) is 4.79 Å². The molecule has 0 radical (unpaired) electrons. The van der Waals surface area contributed by atoms with Gasteiger partial charge in [0.1, 0.15) is 5.75 Å². The van der Waals surface area contributed by atoms with Crippen LogP contribution in [0.4, 0.5) is 0 Å². The van der Waals surface area contributed by atoms with Crippen molar-refractivity contribution in [2.45, 2.75) is 25.8 Å². The van der Waals surface area contributed by atoms with Crippen LogP contribution < -0.4 is 10.5 Å². The number of hydrogen-bond acceptors (Lipinski definition) is 3. The highest BCUT2D eigenvalue weighted by Crippen LogP contribution is 2.23. The van der Waals surface area contributed by atoms with Gasteiger partial charge in [0.05, 0.1) is 7.11 Å². The highest BCUT2D eigenvalue weighted by Gasteiger charge is 2.09. The SMILES string of the molecule is COc1ccc(C(N)CCC(=O)O)cc1C. The molecular formula is C12H17NO3. The van der Waals surface area contributed by atoms with Crippen molar-refractivity contribution in [1.29, 1.82) is 0 Å². The van der Waals surface area contributed by atoms with Crippen LogP contribution >= 0.6 is 0 Å². The quantitative estimate of drug-likeness (QED) is 0.799. The smallest absolute Gasteiger partial charge is 0.303 e. The van der Waals surface area contributed by atoms with Gasteiger partial charge in [0.15, 0.2) is 0 Å². The second-order valence-electron chi connectivity index (χ2n) is 3.77. The van der Waals surface area contributed by atoms with E-state index in [1.807, 2.05) is 25.1 Å². The normalized spacial score (nSPS) is 12.2. The van der Waals surface area contributed by atoms with Gasteiger partial charge in [0, 0.05) is 12.5 Å². The van der Waals surface area contributed by atoms with E-state index in [1.54, 1.807) is 7.11 Å². The Morgan fingerprint density at radius 1 is 1.56 bits per heavy atom. The number of benzene rings is 1. The number of rotatable bonds is 5. The zero-order valence-corrected chi connectivity index (χ0v) is 9.56. The molecule has 0 bridgehead atoms. The van der Waals surface area contributed by atoms with Gasteiger partial charge in [-0.25, -0.2) is 0 Å². The van der Waals surface area contributed by atoms with Crippen molar-refractivity contribution in [2.24, 2.45) is 5.73 Å². The Morgan fingerprint density at radius 3 is 2.75 bits per heavy atom. The molecule has 4 heteroatoms. The summed E-state index contributed by atoms with van der Waals surface area (Å²) in [5, 5.41) is 8.57. The molecule has 0 amide bonds. The number of ether oxygens (including phenoxy) is 1. The van der Waals surface area contributed by atoms with Crippen LogP contribution in [0.25, 0.3) is 0 Å². The zero-order chi connectivity index (χ0) is 12.1. The van der Waals surface area contributed by atoms with Crippen LogP contribution in [0.2, 0.25) is 0 Å². The van der Waals surface area contributed by atoms with Gasteiger partial charge < -0.3 is 15.6 Å². The molecule has 1 atom stereocenters. The van der Waals surface area contributed by atoms with Crippen molar-refractivity contribution in [3.8, 4) is 5.75 Å². The molecule has 0 saturated carbocycles. The zero-order valence-electron chi connectivity index (χ0n) is 9.56. The van der Waals surface area contributed by atoms with Gasteiger partial charge in [0.2, 0.25) is 0 Å². The molecule has 0 fully saturated rings. The van der Waals surface area contributed by atoms with Gasteiger partial charge in [0.25, 0.3) is 0 Å². The van der Waals surface area contributed by atoms with E-state index in [0.29, 0.717) is 6.42 Å². The van der Waals surface area contributed by atoms with Crippen LogP contribution in [0.5, 0.6) is 5.75 Å². The van der Waals surface area contributed by atoms with Crippen LogP contribution in [0, 0.1) is 6.92 Å². The number of nitrogens with two attached hydrogens (primary N) is 1. The molecule has 1 aromatic carbocycles. The van der Waals surface area contributed by atoms with Crippen LogP contribution in [0.1, 0.15) is 30.0 Å². The average molecular weight is 223 g/mol. The summed E-state index contributed by atoms with van der Waals surface area (Å²) in [4.78, 5) is 10.4. The number of hydrogen-bond donors (Lipinski definition) is 2. The average Bonchev–Trinajstić information content (AvgIpc) is 2.25. The van der Waals surface area contributed by atoms with E-state index in [-0.39, 0.29) is 12.5 Å². The highest BCUT2D eigenvalue weighted by atomic mass is 16.5. The van der Waals surface area contributed by atoms with Crippen molar-refractivity contribution in [2.75, 3.05) is 7.11 Å². The van der Waals surface area contributed by atoms with Gasteiger partial charge in [-0.2, -0.15) is 0 Å². The fraction of sp³-hybridized carbons (Fsp3) is 0.417. The first-order valence-corrected chi connectivity index (χ1v) is 5.16. The van der Waals surface area contributed by atoms with Gasteiger partial charge >= 0.3 is 5.97 Å². The third-order valence-electron chi connectivity index (χ3n) is 2.52. The predicted octanol–water partition coefficient (Wildman–Crippen LogP) is 1.87. The molecule has 16 heavy (non-hydrogen) atoms. The minimum Gasteiger partial charge on any atom is -0.496 e. The fourth-order valence-corrected chi connectivity index (χ4v) is 1.58. The molecule has 1 unspecified atom stereocenters. The Morgan fingerprint density at radius 2 is 2.25 bits per heavy atom. The lowest BCUT2D eigenvalue weighted by atomic mass is 10.0. The Kier molecular flexibility index (Phi) is 4.31. The van der Waals surface area contributed by atoms with Gasteiger partial charge in [-0.3, -0.25) is 4.79 Å². The Bertz CT molecular complexity index is 377. The lowest BCUT2D eigenvalue weighted by molar-refractivity contribution is -0.137. The van der Waals surface area contributed by atoms with Crippen molar-refractivity contribution in [3.05, 3.63) is 29.3 Å². The summed E-state index contributed by atoms with van der Waals surface area (Å²) in [5.74, 6) is -0.00475. The molecule has 0 aromatic heterocycles. The van der Waals surface area contributed by atoms with Crippen molar-refractivity contribution >= 4 is 5.97 Å². The summed E-state index contributed by atoms with van der Waals surface area (Å²) >= 11 is 0. The summed E-state index contributed by atoms with van der Waals surface area (Å²) < 4.78 is 5.14. The Labute approximate surface area is 95.0 Å². The molecule has 0 aliphatic carbocycles. The standard InChI is InChI=1S/C12H17NO3/c1-8-7-9(3-5-11(8)16-2)10(13)4-6-12(14)15/h3,5,7,10H,4,6,13H2,1-2H3,(H,14,15). The molecule has 0 aliphatic heterocycles. The Hall–Kier alpha value is -1.55. The lowest BCUT2D eigenvalue weighted by Crippen LogP contribution is -2.12. The summed E-state index contributed by atoms with van der Waals surface area (Å²) in [7, 11) is 1.62. The summed E-state index contributed by atoms with van der Waals surface area (Å²) in [6.45, 7) is 1.94. The monoisotopic (exact) mass is 223 g/mol. The lowest BCUT2D eigenvalue weighted by Gasteiger charge is -2.13. The molecule has 4 nitrogen and oxygen atoms in total. The number of aryl methyl sites for hydroxylation is 1. The maximum atomic E-state index is 10.4. The van der Waals surface area contributed by atoms with E-state index in [2.05, 4.69) is 0 Å². The third kappa shape index (κ3) is 3.24. The maximum Gasteiger partial charge on any atom is 0.303 e. The first-order valence-electron chi connectivity index (χ1n) is 5.16. The van der Waals surface area contributed by atoms with E-state index in [4.69, 9.17) is 15.6 Å². The summed E-state index contributed by atoms with van der Waals surface area (Å²) in [5.41, 5.74) is 7.85. The van der Waals surface area contributed by atoms with E-state index < -0.39 is 5.97 Å². The van der Waals surface area contributed by atoms with Crippen molar-refractivity contribution < 1.29 is 14.6 Å². The molecule has 0 saturated heterocycles. The minimum absolute atomic E-state index is 0.0895. The topological polar surface area (TPSA) is 72.5 Å². The number of carbonyl (C=O) groups is 1. The van der Waals surface area contributed by atoms with Crippen LogP contribution in [0.15, 0.2) is 18.2 Å². The first kappa shape index (κ1) is 12.5. The molecule has 1 aromatic rings. The van der Waals surface area contributed by atoms with Crippen LogP contribution in [0.3, 0.4) is 0 Å². The molecule has 1 rings (SSSR count). The van der Waals surface area contributed by atoms with E-state index >= 15 is 0 Å². The van der Waals surface area contributed by atoms with Gasteiger partial charge in [-0.15, -0.1) is 0 Å². The van der Waals surface area contributed by atoms with Crippen LogP contribution in [-0.4, -0.2) is 18.2 Å². The fourth-order valence-electron chi connectivity index (χ4n) is 1.58. The summed E-state index contributed by atoms with van der Waals surface area (Å²) in [6, 6.07) is 5.43. The highest BCUT2D eigenvalue weighted by molar-refractivity contribution is 5.66. The van der Waals surface area contributed by atoms with E-state index in [1.165, 1.54) is 0 Å². The minimum atomic E-state index is -0.819. The molecule has 3 N–H and O–H groups in total. The molecule has 0 spiro atoms. The van der Waals surface area contributed by atoms with Gasteiger partial charge in [-0.05, 0) is 30.5 Å². The number of carboxylic acids is 1. The number of carboxylic acid groups (broad SMARTS) is 1. The second kappa shape index (κ2) is 5.51. The van der Waals surface area contributed by atoms with E-state index in [0.717, 1.165) is 16.9 Å². The third-order valence-corrected chi connectivity index (χ3v) is 2.52. The number of aliphatic carboxylic acids is 1. The first-order chi connectivity index (χ1) is 7.54. The molecule has 0 aliphatic rings. The van der Waals surface area contributed by atoms with Crippen LogP contribution in [-0.2, 0) is 4.79 Å². The maximum absolute atomic E-state index is 10.4. The predicted molar refractivity (Wildman–Crippen MR) is 61.5 cm³/mol. The van der Waals surface area contributed by atoms with Crippen molar-refractivity contribution in [3.63, 3.8) is 0 Å². The van der Waals surface area contributed by atoms with Crippen molar-refractivity contribution in [1.82, 2.24) is 0 Å².